The number of hydrogen-bond acceptors (Lipinski definition) is 4. The number of nitrogens with one attached hydrogen (secondary N) is 1. The Kier molecular flexibility index (Phi) is 8.12. The van der Waals surface area contributed by atoms with Gasteiger partial charge in [-0.2, -0.15) is 0 Å². The molecule has 0 fully saturated rings. The number of rotatable bonds is 7. The fourth-order valence-corrected chi connectivity index (χ4v) is 3.06. The van der Waals surface area contributed by atoms with Gasteiger partial charge in [-0.25, -0.2) is 4.79 Å². The number of carbonyl (C=O) groups is 2. The molecule has 0 aliphatic carbocycles. The average molecular weight is 433 g/mol. The van der Waals surface area contributed by atoms with Gasteiger partial charge >= 0.3 is 6.09 Å². The summed E-state index contributed by atoms with van der Waals surface area (Å²) in [4.78, 5) is 27.2. The highest BCUT2D eigenvalue weighted by Gasteiger charge is 2.27. The monoisotopic (exact) mass is 432 g/mol. The highest BCUT2D eigenvalue weighted by Crippen LogP contribution is 2.20. The van der Waals surface area contributed by atoms with Crippen LogP contribution in [0.3, 0.4) is 0 Å². The molecule has 2 aromatic rings. The van der Waals surface area contributed by atoms with Gasteiger partial charge in [-0.05, 0) is 56.2 Å². The topological polar surface area (TPSA) is 67.9 Å². The molecule has 0 spiro atoms. The fraction of sp³-hybridized carbons (Fsp3) is 0.391. The van der Waals surface area contributed by atoms with Crippen molar-refractivity contribution in [1.82, 2.24) is 5.32 Å². The minimum absolute atomic E-state index is 0.262. The summed E-state index contributed by atoms with van der Waals surface area (Å²) in [6, 6.07) is 14.0. The van der Waals surface area contributed by atoms with Gasteiger partial charge in [-0.15, -0.1) is 11.6 Å². The Bertz CT molecular complexity index is 862. The van der Waals surface area contributed by atoms with Crippen molar-refractivity contribution < 1.29 is 19.1 Å². The molecule has 1 atom stereocenters. The third-order valence-electron chi connectivity index (χ3n) is 4.36. The van der Waals surface area contributed by atoms with Crippen LogP contribution in [0.1, 0.15) is 31.9 Å². The first-order valence-corrected chi connectivity index (χ1v) is 10.2. The summed E-state index contributed by atoms with van der Waals surface area (Å²) in [5, 5.41) is 2.72. The Balaban J connectivity index is 2.25. The molecule has 1 N–H and O–H groups in total. The molecule has 0 aliphatic heterocycles. The zero-order valence-corrected chi connectivity index (χ0v) is 18.8. The molecule has 2 amide bonds. The summed E-state index contributed by atoms with van der Waals surface area (Å²) in [6.45, 7) is 5.32. The normalized spacial score (nSPS) is 12.1. The van der Waals surface area contributed by atoms with E-state index in [1.54, 1.807) is 59.2 Å². The number of anilines is 1. The summed E-state index contributed by atoms with van der Waals surface area (Å²) in [5.74, 6) is 0.806. The maximum absolute atomic E-state index is 13.3. The van der Waals surface area contributed by atoms with Gasteiger partial charge in [0.25, 0.3) is 0 Å². The molecule has 0 saturated heterocycles. The maximum atomic E-state index is 13.3. The summed E-state index contributed by atoms with van der Waals surface area (Å²) in [6.07, 6.45) is -0.332. The standard InChI is InChI=1S/C23H29ClN2O4/c1-23(2,3)30-22(28)25-20(14-16-7-6-8-17(13-16)15-24)21(27)26(4)18-9-11-19(29-5)12-10-18/h6-13,20H,14-15H2,1-5H3,(H,25,28). The number of alkyl halides is 1. The number of hydrogen-bond donors (Lipinski definition) is 1. The number of alkyl carbamates (subject to hydrolysis) is 1. The van der Waals surface area contributed by atoms with E-state index in [1.165, 1.54) is 4.90 Å². The van der Waals surface area contributed by atoms with E-state index in [9.17, 15) is 9.59 Å². The lowest BCUT2D eigenvalue weighted by molar-refractivity contribution is -0.120. The zero-order chi connectivity index (χ0) is 22.3. The van der Waals surface area contributed by atoms with E-state index in [0.29, 0.717) is 23.7 Å². The van der Waals surface area contributed by atoms with Crippen molar-refractivity contribution in [1.29, 1.82) is 0 Å². The number of nitrogens with zero attached hydrogens (tertiary/aromatic N) is 1. The van der Waals surface area contributed by atoms with Crippen LogP contribution < -0.4 is 15.0 Å². The summed E-state index contributed by atoms with van der Waals surface area (Å²) < 4.78 is 10.5. The van der Waals surface area contributed by atoms with Gasteiger partial charge in [0.1, 0.15) is 17.4 Å². The van der Waals surface area contributed by atoms with Gasteiger partial charge in [0, 0.05) is 25.0 Å². The third kappa shape index (κ3) is 6.95. The number of carbonyl (C=O) groups excluding carboxylic acids is 2. The van der Waals surface area contributed by atoms with Gasteiger partial charge in [-0.1, -0.05) is 24.3 Å². The van der Waals surface area contributed by atoms with Crippen LogP contribution in [0, 0.1) is 0 Å². The third-order valence-corrected chi connectivity index (χ3v) is 4.67. The first-order valence-electron chi connectivity index (χ1n) is 9.68. The van der Waals surface area contributed by atoms with Crippen LogP contribution in [0.2, 0.25) is 0 Å². The van der Waals surface area contributed by atoms with E-state index in [1.807, 2.05) is 24.3 Å². The van der Waals surface area contributed by atoms with Crippen molar-refractivity contribution in [2.24, 2.45) is 0 Å². The van der Waals surface area contributed by atoms with Gasteiger partial charge < -0.3 is 19.7 Å². The fourth-order valence-electron chi connectivity index (χ4n) is 2.89. The van der Waals surface area contributed by atoms with Crippen LogP contribution in [-0.2, 0) is 21.8 Å². The van der Waals surface area contributed by atoms with Gasteiger partial charge in [-0.3, -0.25) is 4.79 Å². The number of amides is 2. The number of ether oxygens (including phenoxy) is 2. The van der Waals surface area contributed by atoms with Crippen LogP contribution in [0.5, 0.6) is 5.75 Å². The molecule has 162 valence electrons. The van der Waals surface area contributed by atoms with Crippen molar-refractivity contribution in [2.45, 2.75) is 44.7 Å². The number of likely N-dealkylation sites (N-methyl/N-ethyl adjacent to an activating group) is 1. The molecule has 0 heterocycles. The number of halogens is 1. The molecule has 2 aromatic carbocycles. The molecule has 1 unspecified atom stereocenters. The Morgan fingerprint density at radius 2 is 1.73 bits per heavy atom. The smallest absolute Gasteiger partial charge is 0.408 e. The Labute approximate surface area is 183 Å². The number of benzene rings is 2. The van der Waals surface area contributed by atoms with E-state index in [2.05, 4.69) is 5.32 Å². The molecular formula is C23H29ClN2O4. The van der Waals surface area contributed by atoms with Crippen LogP contribution in [0.15, 0.2) is 48.5 Å². The van der Waals surface area contributed by atoms with Crippen molar-refractivity contribution in [3.8, 4) is 5.75 Å². The van der Waals surface area contributed by atoms with Gasteiger partial charge in [0.2, 0.25) is 5.91 Å². The summed E-state index contributed by atoms with van der Waals surface area (Å²) >= 11 is 5.93. The van der Waals surface area contributed by atoms with Gasteiger partial charge in [0.15, 0.2) is 0 Å². The molecule has 7 heteroatoms. The van der Waals surface area contributed by atoms with Crippen molar-refractivity contribution in [3.05, 3.63) is 59.7 Å². The van der Waals surface area contributed by atoms with Crippen molar-refractivity contribution in [3.63, 3.8) is 0 Å². The molecule has 0 radical (unpaired) electrons. The minimum Gasteiger partial charge on any atom is -0.497 e. The Morgan fingerprint density at radius 1 is 1.10 bits per heavy atom. The molecule has 30 heavy (non-hydrogen) atoms. The predicted octanol–water partition coefficient (Wildman–Crippen LogP) is 4.53. The lowest BCUT2D eigenvalue weighted by atomic mass is 10.0. The van der Waals surface area contributed by atoms with E-state index in [-0.39, 0.29) is 5.91 Å². The summed E-state index contributed by atoms with van der Waals surface area (Å²) in [7, 11) is 3.25. The highest BCUT2D eigenvalue weighted by molar-refractivity contribution is 6.17. The van der Waals surface area contributed by atoms with Crippen LogP contribution in [0.25, 0.3) is 0 Å². The van der Waals surface area contributed by atoms with E-state index in [0.717, 1.165) is 11.1 Å². The predicted molar refractivity (Wildman–Crippen MR) is 119 cm³/mol. The molecule has 0 saturated carbocycles. The molecule has 6 nitrogen and oxygen atoms in total. The largest absolute Gasteiger partial charge is 0.497 e. The molecular weight excluding hydrogens is 404 g/mol. The highest BCUT2D eigenvalue weighted by atomic mass is 35.5. The Hall–Kier alpha value is -2.73. The lowest BCUT2D eigenvalue weighted by Gasteiger charge is -2.27. The van der Waals surface area contributed by atoms with E-state index < -0.39 is 17.7 Å². The van der Waals surface area contributed by atoms with Crippen LogP contribution in [0.4, 0.5) is 10.5 Å². The maximum Gasteiger partial charge on any atom is 0.408 e. The quantitative estimate of drug-likeness (QED) is 0.652. The Morgan fingerprint density at radius 3 is 2.30 bits per heavy atom. The van der Waals surface area contributed by atoms with Crippen LogP contribution >= 0.6 is 11.6 Å². The average Bonchev–Trinajstić information content (AvgIpc) is 2.71. The number of methoxy groups -OCH3 is 1. The minimum atomic E-state index is -0.808. The second-order valence-electron chi connectivity index (χ2n) is 7.95. The SMILES string of the molecule is COc1ccc(N(C)C(=O)C(Cc2cccc(CCl)c2)NC(=O)OC(C)(C)C)cc1. The molecule has 2 rings (SSSR count). The second kappa shape index (κ2) is 10.3. The molecule has 0 bridgehead atoms. The second-order valence-corrected chi connectivity index (χ2v) is 8.22. The molecule has 0 aliphatic rings. The van der Waals surface area contributed by atoms with E-state index in [4.69, 9.17) is 21.1 Å². The van der Waals surface area contributed by atoms with Gasteiger partial charge in [0.05, 0.1) is 7.11 Å². The van der Waals surface area contributed by atoms with E-state index >= 15 is 0 Å². The van der Waals surface area contributed by atoms with Crippen molar-refractivity contribution >= 4 is 29.3 Å². The van der Waals surface area contributed by atoms with Crippen LogP contribution in [-0.4, -0.2) is 37.8 Å². The first kappa shape index (κ1) is 23.5. The summed E-state index contributed by atoms with van der Waals surface area (Å²) in [5.41, 5.74) is 1.86. The molecule has 0 aromatic heterocycles. The first-order chi connectivity index (χ1) is 14.1. The van der Waals surface area contributed by atoms with Crippen molar-refractivity contribution in [2.75, 3.05) is 19.1 Å². The lowest BCUT2D eigenvalue weighted by Crippen LogP contribution is -2.50. The zero-order valence-electron chi connectivity index (χ0n) is 18.1.